The number of esters is 3. The van der Waals surface area contributed by atoms with Gasteiger partial charge >= 0.3 is 17.9 Å². The van der Waals surface area contributed by atoms with Gasteiger partial charge in [0.1, 0.15) is 18.8 Å². The van der Waals surface area contributed by atoms with E-state index in [0.29, 0.717) is 0 Å². The topological polar surface area (TPSA) is 129 Å². The summed E-state index contributed by atoms with van der Waals surface area (Å²) in [5.41, 5.74) is 1.51. The molecule has 41 heavy (non-hydrogen) atoms. The Kier molecular flexibility index (Phi) is 8.65. The van der Waals surface area contributed by atoms with Crippen LogP contribution >= 0.6 is 0 Å². The largest absolute Gasteiger partial charge is 0.459 e. The predicted octanol–water partition coefficient (Wildman–Crippen LogP) is 4.47. The fourth-order valence-electron chi connectivity index (χ4n) is 4.46. The van der Waals surface area contributed by atoms with Gasteiger partial charge in [0, 0.05) is 0 Å². The number of nitrogens with zero attached hydrogens (tertiary/aromatic N) is 1. The molecule has 0 amide bonds. The number of benzene rings is 3. The minimum atomic E-state index is -1.93. The van der Waals surface area contributed by atoms with Crippen LogP contribution in [0.2, 0.25) is 0 Å². The molecule has 1 fully saturated rings. The van der Waals surface area contributed by atoms with Crippen molar-refractivity contribution in [2.75, 3.05) is 6.61 Å². The number of hydrogen-bond donors (Lipinski definition) is 0. The van der Waals surface area contributed by atoms with E-state index in [-0.39, 0.29) is 16.7 Å². The van der Waals surface area contributed by atoms with Crippen molar-refractivity contribution in [2.24, 2.45) is 0 Å². The molecule has 1 aliphatic rings. The van der Waals surface area contributed by atoms with Crippen LogP contribution in [-0.4, -0.2) is 54.2 Å². The highest BCUT2D eigenvalue weighted by molar-refractivity contribution is 5.99. The smallest absolute Gasteiger partial charge is 0.338 e. The van der Waals surface area contributed by atoms with Gasteiger partial charge in [0.05, 0.1) is 16.7 Å². The highest BCUT2D eigenvalue weighted by Gasteiger charge is 2.62. The van der Waals surface area contributed by atoms with Crippen molar-refractivity contribution < 1.29 is 38.1 Å². The molecular formula is C32H29NO8. The lowest BCUT2D eigenvalue weighted by Crippen LogP contribution is -2.53. The van der Waals surface area contributed by atoms with Crippen LogP contribution in [0.5, 0.6) is 0 Å². The number of carbonyl (C=O) groups is 4. The number of hydrogen-bond acceptors (Lipinski definition) is 9. The number of rotatable bonds is 8. The Hall–Kier alpha value is -4.81. The quantitative estimate of drug-likeness (QED) is 0.225. The minimum Gasteiger partial charge on any atom is -0.459 e. The fraction of sp³-hybridized carbons (Fsp3) is 0.281. The zero-order valence-electron chi connectivity index (χ0n) is 23.1. The third-order valence-corrected chi connectivity index (χ3v) is 6.87. The van der Waals surface area contributed by atoms with Gasteiger partial charge in [-0.3, -0.25) is 4.79 Å². The van der Waals surface area contributed by atoms with E-state index < -0.39 is 54.2 Å². The normalized spacial score (nSPS) is 21.4. The van der Waals surface area contributed by atoms with Gasteiger partial charge in [-0.25, -0.2) is 14.4 Å². The monoisotopic (exact) mass is 555 g/mol. The van der Waals surface area contributed by atoms with E-state index in [1.807, 2.05) is 20.8 Å². The van der Waals surface area contributed by atoms with Gasteiger partial charge in [0.15, 0.2) is 17.8 Å². The van der Waals surface area contributed by atoms with Crippen LogP contribution < -0.4 is 0 Å². The molecule has 0 radical (unpaired) electrons. The second kappa shape index (κ2) is 12.1. The molecule has 210 valence electrons. The first-order valence-electron chi connectivity index (χ1n) is 12.9. The molecule has 9 nitrogen and oxygen atoms in total. The van der Waals surface area contributed by atoms with Crippen LogP contribution in [0.25, 0.3) is 0 Å². The van der Waals surface area contributed by atoms with Gasteiger partial charge in [-0.2, -0.15) is 5.26 Å². The van der Waals surface area contributed by atoms with E-state index in [2.05, 4.69) is 0 Å². The lowest BCUT2D eigenvalue weighted by molar-refractivity contribution is -0.135. The number of aryl methyl sites for hydroxylation is 3. The third-order valence-electron chi connectivity index (χ3n) is 6.87. The third kappa shape index (κ3) is 6.51. The van der Waals surface area contributed by atoms with Crippen molar-refractivity contribution in [3.63, 3.8) is 0 Å². The van der Waals surface area contributed by atoms with Crippen molar-refractivity contribution in [1.82, 2.24) is 0 Å². The summed E-state index contributed by atoms with van der Waals surface area (Å²) in [6.07, 6.45) is -4.28. The Morgan fingerprint density at radius 2 is 1.20 bits per heavy atom. The maximum Gasteiger partial charge on any atom is 0.338 e. The van der Waals surface area contributed by atoms with Gasteiger partial charge in [-0.15, -0.1) is 0 Å². The highest BCUT2D eigenvalue weighted by atomic mass is 16.7. The molecule has 3 aromatic rings. The van der Waals surface area contributed by atoms with Crippen molar-refractivity contribution >= 4 is 23.7 Å². The maximum atomic E-state index is 13.2. The molecule has 0 aromatic heterocycles. The van der Waals surface area contributed by atoms with Crippen LogP contribution in [0, 0.1) is 32.1 Å². The van der Waals surface area contributed by atoms with E-state index >= 15 is 0 Å². The second-order valence-corrected chi connectivity index (χ2v) is 10.1. The average molecular weight is 556 g/mol. The van der Waals surface area contributed by atoms with Crippen molar-refractivity contribution in [3.8, 4) is 6.07 Å². The summed E-state index contributed by atoms with van der Waals surface area (Å²) in [6.45, 7) is 6.49. The molecule has 1 saturated heterocycles. The standard InChI is InChI=1S/C32H29NO8/c1-19-5-11-22(12-6-19)29(35)38-18-26-28(40-30(36)23-13-7-20(2)8-14-23)32(4,27(39-26)25(34)17-33)41-31(37)24-15-9-21(3)10-16-24/h5-16,26-28H,18H2,1-4H3/t26?,27-,28+,32-/m0/s1. The van der Waals surface area contributed by atoms with E-state index in [0.717, 1.165) is 16.7 Å². The molecular weight excluding hydrogens is 526 g/mol. The summed E-state index contributed by atoms with van der Waals surface area (Å²) < 4.78 is 22.9. The van der Waals surface area contributed by atoms with E-state index in [9.17, 15) is 24.4 Å². The molecule has 0 spiro atoms. The number of ketones is 1. The van der Waals surface area contributed by atoms with Crippen LogP contribution in [0.4, 0.5) is 0 Å². The first kappa shape index (κ1) is 29.2. The Morgan fingerprint density at radius 1 is 0.756 bits per heavy atom. The Bertz CT molecular complexity index is 1490. The number of Topliss-reactive ketones (excluding diaryl/α,β-unsaturated/α-hetero) is 1. The first-order valence-corrected chi connectivity index (χ1v) is 12.9. The summed E-state index contributed by atoms with van der Waals surface area (Å²) in [6, 6.07) is 21.3. The Morgan fingerprint density at radius 3 is 1.66 bits per heavy atom. The number of carbonyl (C=O) groups excluding carboxylic acids is 4. The van der Waals surface area contributed by atoms with Crippen LogP contribution in [0.1, 0.15) is 54.7 Å². The molecule has 0 saturated carbocycles. The van der Waals surface area contributed by atoms with Crippen LogP contribution in [0.15, 0.2) is 72.8 Å². The molecule has 4 rings (SSSR count). The highest BCUT2D eigenvalue weighted by Crippen LogP contribution is 2.38. The summed E-state index contributed by atoms with van der Waals surface area (Å²) in [5, 5.41) is 9.44. The summed E-state index contributed by atoms with van der Waals surface area (Å²) >= 11 is 0. The molecule has 1 heterocycles. The van der Waals surface area contributed by atoms with Gasteiger partial charge in [-0.1, -0.05) is 53.1 Å². The zero-order chi connectivity index (χ0) is 29.7. The summed E-state index contributed by atoms with van der Waals surface area (Å²) in [5.74, 6) is -3.32. The van der Waals surface area contributed by atoms with Crippen LogP contribution in [-0.2, 0) is 23.7 Å². The van der Waals surface area contributed by atoms with E-state index in [1.54, 1.807) is 72.8 Å². The zero-order valence-corrected chi connectivity index (χ0v) is 23.1. The molecule has 0 N–H and O–H groups in total. The van der Waals surface area contributed by atoms with E-state index in [1.165, 1.54) is 13.0 Å². The van der Waals surface area contributed by atoms with Crippen molar-refractivity contribution in [2.45, 2.75) is 51.6 Å². The molecule has 1 unspecified atom stereocenters. The molecule has 1 aliphatic heterocycles. The second-order valence-electron chi connectivity index (χ2n) is 10.1. The SMILES string of the molecule is Cc1ccc(C(=O)OCC2O[C@@H](C(=O)C#N)[C@](C)(OC(=O)c3ccc(C)cc3)[C@@H]2OC(=O)c2ccc(C)cc2)cc1. The van der Waals surface area contributed by atoms with Gasteiger partial charge in [-0.05, 0) is 64.1 Å². The number of ether oxygens (including phenoxy) is 4. The Balaban J connectivity index is 1.66. The molecule has 0 bridgehead atoms. The van der Waals surface area contributed by atoms with Crippen molar-refractivity contribution in [1.29, 1.82) is 5.26 Å². The Labute approximate surface area is 237 Å². The van der Waals surface area contributed by atoms with Crippen molar-refractivity contribution in [3.05, 3.63) is 106 Å². The number of nitriles is 1. The molecule has 0 aliphatic carbocycles. The molecule has 3 aromatic carbocycles. The molecule has 9 heteroatoms. The summed E-state index contributed by atoms with van der Waals surface area (Å²) in [7, 11) is 0. The fourth-order valence-corrected chi connectivity index (χ4v) is 4.46. The lowest BCUT2D eigenvalue weighted by atomic mass is 9.90. The van der Waals surface area contributed by atoms with Gasteiger partial charge in [0.25, 0.3) is 5.78 Å². The summed E-state index contributed by atoms with van der Waals surface area (Å²) in [4.78, 5) is 51.9. The van der Waals surface area contributed by atoms with E-state index in [4.69, 9.17) is 18.9 Å². The van der Waals surface area contributed by atoms with Gasteiger partial charge < -0.3 is 18.9 Å². The first-order chi connectivity index (χ1) is 19.5. The lowest BCUT2D eigenvalue weighted by Gasteiger charge is -2.33. The minimum absolute atomic E-state index is 0.179. The predicted molar refractivity (Wildman–Crippen MR) is 146 cm³/mol. The maximum absolute atomic E-state index is 13.2. The van der Waals surface area contributed by atoms with Gasteiger partial charge in [0.2, 0.25) is 0 Å². The van der Waals surface area contributed by atoms with Crippen LogP contribution in [0.3, 0.4) is 0 Å². The average Bonchev–Trinajstić information content (AvgIpc) is 3.22. The molecule has 4 atom stereocenters.